The van der Waals surface area contributed by atoms with Gasteiger partial charge in [0.05, 0.1) is 0 Å². The highest BCUT2D eigenvalue weighted by Gasteiger charge is 2.07. The Morgan fingerprint density at radius 3 is 2.57 bits per heavy atom. The molecule has 0 aliphatic heterocycles. The third-order valence-electron chi connectivity index (χ3n) is 3.58. The average Bonchev–Trinajstić information content (AvgIpc) is 2.59. The summed E-state index contributed by atoms with van der Waals surface area (Å²) in [6.45, 7) is 0.501. The van der Waals surface area contributed by atoms with Crippen molar-refractivity contribution in [1.29, 1.82) is 0 Å². The number of urea groups is 1. The van der Waals surface area contributed by atoms with Gasteiger partial charge in [-0.15, -0.1) is 0 Å². The molecule has 0 saturated heterocycles. The summed E-state index contributed by atoms with van der Waals surface area (Å²) in [5, 5.41) is 5.90. The molecule has 0 aliphatic carbocycles. The molecule has 3 aromatic rings. The summed E-state index contributed by atoms with van der Waals surface area (Å²) in [4.78, 5) is 27.2. The number of carbonyl (C=O) groups is 1. The van der Waals surface area contributed by atoms with Crippen LogP contribution in [-0.2, 0) is 6.42 Å². The highest BCUT2D eigenvalue weighted by molar-refractivity contribution is 5.91. The molecule has 5 nitrogen and oxygen atoms in total. The second kappa shape index (κ2) is 6.79. The van der Waals surface area contributed by atoms with E-state index in [2.05, 4.69) is 15.6 Å². The molecule has 0 saturated carbocycles. The fraction of sp³-hybridized carbons (Fsp3) is 0.111. The molecule has 3 N–H and O–H groups in total. The van der Waals surface area contributed by atoms with E-state index in [4.69, 9.17) is 0 Å². The molecule has 23 heavy (non-hydrogen) atoms. The van der Waals surface area contributed by atoms with Gasteiger partial charge in [-0.25, -0.2) is 4.79 Å². The molecule has 0 atom stereocenters. The quantitative estimate of drug-likeness (QED) is 0.693. The number of rotatable bonds is 4. The minimum Gasteiger partial charge on any atom is -0.359 e. The molecule has 0 spiro atoms. The minimum absolute atomic E-state index is 0.197. The maximum Gasteiger partial charge on any atom is 0.319 e. The Hall–Kier alpha value is -3.08. The van der Waals surface area contributed by atoms with Gasteiger partial charge in [0.1, 0.15) is 5.69 Å². The second-order valence-electron chi connectivity index (χ2n) is 5.19. The number of hydrogen-bond donors (Lipinski definition) is 3. The van der Waals surface area contributed by atoms with Crippen molar-refractivity contribution in [3.8, 4) is 0 Å². The minimum atomic E-state index is -0.387. The van der Waals surface area contributed by atoms with Crippen molar-refractivity contribution in [2.24, 2.45) is 0 Å². The zero-order valence-corrected chi connectivity index (χ0v) is 12.5. The van der Waals surface area contributed by atoms with E-state index in [0.717, 1.165) is 17.5 Å². The predicted molar refractivity (Wildman–Crippen MR) is 91.7 cm³/mol. The molecule has 2 amide bonds. The molecule has 0 radical (unpaired) electrons. The molecule has 0 bridgehead atoms. The lowest BCUT2D eigenvalue weighted by molar-refractivity contribution is 0.252. The highest BCUT2D eigenvalue weighted by atomic mass is 16.2. The number of fused-ring (bicyclic) bond motifs is 1. The average molecular weight is 307 g/mol. The van der Waals surface area contributed by atoms with Crippen LogP contribution in [0.5, 0.6) is 0 Å². The van der Waals surface area contributed by atoms with Crippen LogP contribution in [0.3, 0.4) is 0 Å². The zero-order valence-electron chi connectivity index (χ0n) is 12.5. The maximum atomic E-state index is 12.3. The van der Waals surface area contributed by atoms with Crippen LogP contribution in [0.2, 0.25) is 0 Å². The first-order valence-electron chi connectivity index (χ1n) is 7.43. The van der Waals surface area contributed by atoms with Gasteiger partial charge in [0, 0.05) is 23.6 Å². The fourth-order valence-corrected chi connectivity index (χ4v) is 2.39. The van der Waals surface area contributed by atoms with Gasteiger partial charge in [-0.3, -0.25) is 4.79 Å². The molecule has 116 valence electrons. The third kappa shape index (κ3) is 3.58. The Labute approximate surface area is 133 Å². The van der Waals surface area contributed by atoms with Gasteiger partial charge < -0.3 is 15.6 Å². The second-order valence-corrected chi connectivity index (χ2v) is 5.19. The van der Waals surface area contributed by atoms with Gasteiger partial charge in [0.2, 0.25) is 5.43 Å². The lowest BCUT2D eigenvalue weighted by Crippen LogP contribution is -2.32. The van der Waals surface area contributed by atoms with Crippen LogP contribution in [0, 0.1) is 0 Å². The fourth-order valence-electron chi connectivity index (χ4n) is 2.39. The number of anilines is 1. The van der Waals surface area contributed by atoms with Crippen LogP contribution in [0.15, 0.2) is 65.6 Å². The van der Waals surface area contributed by atoms with Gasteiger partial charge in [-0.2, -0.15) is 0 Å². The van der Waals surface area contributed by atoms with Gasteiger partial charge in [0.15, 0.2) is 0 Å². The molecular weight excluding hydrogens is 290 g/mol. The van der Waals surface area contributed by atoms with Gasteiger partial charge in [-0.05, 0) is 24.1 Å². The van der Waals surface area contributed by atoms with Gasteiger partial charge in [-0.1, -0.05) is 42.5 Å². The molecule has 0 fully saturated rings. The van der Waals surface area contributed by atoms with Crippen molar-refractivity contribution < 1.29 is 4.79 Å². The zero-order chi connectivity index (χ0) is 16.1. The monoisotopic (exact) mass is 307 g/mol. The number of carbonyl (C=O) groups excluding carboxylic acids is 1. The first-order valence-corrected chi connectivity index (χ1v) is 7.43. The number of para-hydroxylation sites is 1. The topological polar surface area (TPSA) is 74.0 Å². The Morgan fingerprint density at radius 1 is 1.00 bits per heavy atom. The van der Waals surface area contributed by atoms with E-state index < -0.39 is 0 Å². The van der Waals surface area contributed by atoms with Gasteiger partial charge >= 0.3 is 6.03 Å². The Morgan fingerprint density at radius 2 is 1.74 bits per heavy atom. The largest absolute Gasteiger partial charge is 0.359 e. The number of benzene rings is 2. The van der Waals surface area contributed by atoms with Crippen molar-refractivity contribution in [3.63, 3.8) is 0 Å². The van der Waals surface area contributed by atoms with E-state index in [9.17, 15) is 9.59 Å². The first kappa shape index (κ1) is 14.8. The summed E-state index contributed by atoms with van der Waals surface area (Å²) in [6, 6.07) is 16.7. The van der Waals surface area contributed by atoms with Crippen LogP contribution in [-0.4, -0.2) is 17.6 Å². The SMILES string of the molecule is O=C(NCCc1ccccc1)Nc1c[nH]c2ccccc2c1=O. The molecule has 1 aromatic heterocycles. The number of amides is 2. The molecule has 0 aliphatic rings. The van der Waals surface area contributed by atoms with Crippen LogP contribution in [0.25, 0.3) is 10.9 Å². The summed E-state index contributed by atoms with van der Waals surface area (Å²) in [5.41, 5.74) is 1.93. The first-order chi connectivity index (χ1) is 11.2. The third-order valence-corrected chi connectivity index (χ3v) is 3.58. The van der Waals surface area contributed by atoms with Crippen molar-refractivity contribution in [2.45, 2.75) is 6.42 Å². The number of H-pyrrole nitrogens is 1. The molecule has 2 aromatic carbocycles. The van der Waals surface area contributed by atoms with Crippen molar-refractivity contribution in [1.82, 2.24) is 10.3 Å². The van der Waals surface area contributed by atoms with E-state index in [1.54, 1.807) is 12.1 Å². The smallest absolute Gasteiger partial charge is 0.319 e. The summed E-state index contributed by atoms with van der Waals surface area (Å²) < 4.78 is 0. The number of pyridine rings is 1. The standard InChI is InChI=1S/C18H17N3O2/c22-17-14-8-4-5-9-15(14)20-12-16(17)21-18(23)19-11-10-13-6-2-1-3-7-13/h1-9,12H,10-11H2,(H,20,22)(H2,19,21,23). The van der Waals surface area contributed by atoms with E-state index >= 15 is 0 Å². The maximum absolute atomic E-state index is 12.3. The van der Waals surface area contributed by atoms with Gasteiger partial charge in [0.25, 0.3) is 0 Å². The molecule has 5 heteroatoms. The Kier molecular flexibility index (Phi) is 4.38. The van der Waals surface area contributed by atoms with Crippen molar-refractivity contribution >= 4 is 22.6 Å². The van der Waals surface area contributed by atoms with E-state index in [1.807, 2.05) is 42.5 Å². The normalized spacial score (nSPS) is 10.4. The Bertz CT molecular complexity index is 872. The molecular formula is C18H17N3O2. The van der Waals surface area contributed by atoms with Crippen molar-refractivity contribution in [3.05, 3.63) is 76.6 Å². The lowest BCUT2D eigenvalue weighted by atomic mass is 10.1. The van der Waals surface area contributed by atoms with Crippen LogP contribution in [0.4, 0.5) is 10.5 Å². The van der Waals surface area contributed by atoms with Crippen molar-refractivity contribution in [2.75, 3.05) is 11.9 Å². The number of hydrogen-bond acceptors (Lipinski definition) is 2. The van der Waals surface area contributed by atoms with E-state index in [0.29, 0.717) is 11.9 Å². The molecule has 1 heterocycles. The Balaban J connectivity index is 1.62. The summed E-state index contributed by atoms with van der Waals surface area (Å²) in [5.74, 6) is 0. The predicted octanol–water partition coefficient (Wildman–Crippen LogP) is 2.89. The lowest BCUT2D eigenvalue weighted by Gasteiger charge is -2.08. The molecule has 3 rings (SSSR count). The number of nitrogens with one attached hydrogen (secondary N) is 3. The summed E-state index contributed by atoms with van der Waals surface area (Å²) in [7, 11) is 0. The summed E-state index contributed by atoms with van der Waals surface area (Å²) in [6.07, 6.45) is 2.25. The molecule has 0 unspecified atom stereocenters. The van der Waals surface area contributed by atoms with Crippen LogP contribution < -0.4 is 16.1 Å². The van der Waals surface area contributed by atoms with Crippen LogP contribution in [0.1, 0.15) is 5.56 Å². The van der Waals surface area contributed by atoms with E-state index in [-0.39, 0.29) is 17.1 Å². The number of aromatic amines is 1. The highest BCUT2D eigenvalue weighted by Crippen LogP contribution is 2.09. The van der Waals surface area contributed by atoms with E-state index in [1.165, 1.54) is 6.20 Å². The van der Waals surface area contributed by atoms with Crippen LogP contribution >= 0.6 is 0 Å². The summed E-state index contributed by atoms with van der Waals surface area (Å²) >= 11 is 0. The number of aromatic nitrogens is 1.